The molecular formula is C19H22N2O3. The number of fused-ring (bicyclic) bond motifs is 1. The number of carbonyl (C=O) groups is 1. The number of hydrogen-bond acceptors (Lipinski definition) is 4. The highest BCUT2D eigenvalue weighted by molar-refractivity contribution is 5.78. The summed E-state index contributed by atoms with van der Waals surface area (Å²) in [5.41, 5.74) is 2.33. The van der Waals surface area contributed by atoms with Gasteiger partial charge in [0.15, 0.2) is 18.1 Å². The van der Waals surface area contributed by atoms with Gasteiger partial charge in [-0.15, -0.1) is 0 Å². The van der Waals surface area contributed by atoms with Crippen molar-refractivity contribution < 1.29 is 14.3 Å². The molecule has 24 heavy (non-hydrogen) atoms. The van der Waals surface area contributed by atoms with Crippen molar-refractivity contribution in [3.8, 4) is 11.5 Å². The Kier molecular flexibility index (Phi) is 4.89. The van der Waals surface area contributed by atoms with E-state index < -0.39 is 0 Å². The Morgan fingerprint density at radius 3 is 2.54 bits per heavy atom. The summed E-state index contributed by atoms with van der Waals surface area (Å²) in [5, 5.41) is 0. The van der Waals surface area contributed by atoms with Crippen LogP contribution in [0.4, 0.5) is 5.69 Å². The van der Waals surface area contributed by atoms with Crippen LogP contribution in [0, 0.1) is 0 Å². The largest absolute Gasteiger partial charge is 0.493 e. The minimum atomic E-state index is -0.0222. The van der Waals surface area contributed by atoms with Crippen LogP contribution in [0.25, 0.3) is 0 Å². The molecule has 5 heteroatoms. The highest BCUT2D eigenvalue weighted by Gasteiger charge is 2.21. The quantitative estimate of drug-likeness (QED) is 0.866. The Hall–Kier alpha value is -2.69. The van der Waals surface area contributed by atoms with Crippen molar-refractivity contribution in [1.29, 1.82) is 0 Å². The number of benzene rings is 2. The van der Waals surface area contributed by atoms with Gasteiger partial charge in [0, 0.05) is 32.4 Å². The first-order chi connectivity index (χ1) is 11.7. The first-order valence-corrected chi connectivity index (χ1v) is 8.01. The molecule has 2 aromatic rings. The van der Waals surface area contributed by atoms with Gasteiger partial charge in [-0.05, 0) is 23.8 Å². The molecule has 0 spiro atoms. The van der Waals surface area contributed by atoms with Crippen LogP contribution in [0.15, 0.2) is 48.5 Å². The number of methoxy groups -OCH3 is 1. The molecule has 1 aliphatic heterocycles. The van der Waals surface area contributed by atoms with Crippen LogP contribution in [0.2, 0.25) is 0 Å². The minimum Gasteiger partial charge on any atom is -0.493 e. The average molecular weight is 326 g/mol. The Morgan fingerprint density at radius 2 is 1.75 bits per heavy atom. The molecule has 0 bridgehead atoms. The van der Waals surface area contributed by atoms with Crippen LogP contribution < -0.4 is 14.4 Å². The van der Waals surface area contributed by atoms with Crippen LogP contribution in [0.5, 0.6) is 11.5 Å². The van der Waals surface area contributed by atoms with E-state index in [9.17, 15) is 4.79 Å². The summed E-state index contributed by atoms with van der Waals surface area (Å²) in [6.07, 6.45) is 0. The summed E-state index contributed by atoms with van der Waals surface area (Å²) in [4.78, 5) is 16.6. The van der Waals surface area contributed by atoms with Gasteiger partial charge in [0.25, 0.3) is 5.91 Å². The normalized spacial score (nSPS) is 13.9. The van der Waals surface area contributed by atoms with Crippen LogP contribution in [0.3, 0.4) is 0 Å². The second-order valence-electron chi connectivity index (χ2n) is 5.81. The monoisotopic (exact) mass is 326 g/mol. The van der Waals surface area contributed by atoms with E-state index in [1.54, 1.807) is 13.2 Å². The van der Waals surface area contributed by atoms with Crippen LogP contribution in [0.1, 0.15) is 5.56 Å². The number of carbonyl (C=O) groups excluding carboxylic acids is 1. The van der Waals surface area contributed by atoms with Gasteiger partial charge in [0.05, 0.1) is 7.11 Å². The van der Waals surface area contributed by atoms with E-state index in [1.165, 1.54) is 5.69 Å². The highest BCUT2D eigenvalue weighted by Crippen LogP contribution is 2.26. The van der Waals surface area contributed by atoms with Crippen molar-refractivity contribution in [2.45, 2.75) is 6.54 Å². The summed E-state index contributed by atoms with van der Waals surface area (Å²) < 4.78 is 10.9. The van der Waals surface area contributed by atoms with Crippen molar-refractivity contribution in [3.05, 3.63) is 54.1 Å². The third-order valence-electron chi connectivity index (χ3n) is 4.24. The Labute approximate surface area is 142 Å². The molecular weight excluding hydrogens is 304 g/mol. The van der Waals surface area contributed by atoms with Gasteiger partial charge < -0.3 is 19.3 Å². The fourth-order valence-electron chi connectivity index (χ4n) is 2.87. The third-order valence-corrected chi connectivity index (χ3v) is 4.24. The first kappa shape index (κ1) is 16.2. The van der Waals surface area contributed by atoms with Crippen molar-refractivity contribution in [1.82, 2.24) is 4.90 Å². The fraction of sp³-hybridized carbons (Fsp3) is 0.316. The molecule has 5 nitrogen and oxygen atoms in total. The van der Waals surface area contributed by atoms with Gasteiger partial charge >= 0.3 is 0 Å². The van der Waals surface area contributed by atoms with E-state index in [-0.39, 0.29) is 12.5 Å². The fourth-order valence-corrected chi connectivity index (χ4v) is 2.87. The lowest BCUT2D eigenvalue weighted by atomic mass is 10.1. The van der Waals surface area contributed by atoms with Gasteiger partial charge in [0.1, 0.15) is 0 Å². The standard InChI is InChI=1S/C19H22N2O3/c1-20-11-12-21(13-15-7-3-4-8-16(15)20)19(22)14-24-18-10-6-5-9-17(18)23-2/h3-10H,11-14H2,1-2H3. The molecule has 3 rings (SSSR count). The summed E-state index contributed by atoms with van der Waals surface area (Å²) in [6.45, 7) is 2.09. The molecule has 126 valence electrons. The molecule has 1 heterocycles. The second kappa shape index (κ2) is 7.25. The van der Waals surface area contributed by atoms with Gasteiger partial charge in [-0.3, -0.25) is 4.79 Å². The number of rotatable bonds is 4. The summed E-state index contributed by atoms with van der Waals surface area (Å²) in [7, 11) is 3.64. The molecule has 0 atom stereocenters. The van der Waals surface area contributed by atoms with E-state index in [0.29, 0.717) is 24.6 Å². The maximum atomic E-state index is 12.6. The zero-order valence-electron chi connectivity index (χ0n) is 14.1. The number of hydrogen-bond donors (Lipinski definition) is 0. The maximum absolute atomic E-state index is 12.6. The number of para-hydroxylation sites is 3. The summed E-state index contributed by atoms with van der Waals surface area (Å²) >= 11 is 0. The van der Waals surface area contributed by atoms with Crippen molar-refractivity contribution in [2.75, 3.05) is 38.8 Å². The Balaban J connectivity index is 1.67. The summed E-state index contributed by atoms with van der Waals surface area (Å²) in [6, 6.07) is 15.5. The van der Waals surface area contributed by atoms with Gasteiger partial charge in [0.2, 0.25) is 0 Å². The highest BCUT2D eigenvalue weighted by atomic mass is 16.5. The van der Waals surface area contributed by atoms with E-state index in [4.69, 9.17) is 9.47 Å². The van der Waals surface area contributed by atoms with Crippen molar-refractivity contribution in [3.63, 3.8) is 0 Å². The Morgan fingerprint density at radius 1 is 1.04 bits per heavy atom. The number of nitrogens with zero attached hydrogens (tertiary/aromatic N) is 2. The van der Waals surface area contributed by atoms with E-state index in [2.05, 4.69) is 24.1 Å². The lowest BCUT2D eigenvalue weighted by Crippen LogP contribution is -2.37. The smallest absolute Gasteiger partial charge is 0.260 e. The van der Waals surface area contributed by atoms with E-state index in [1.807, 2.05) is 35.2 Å². The number of ether oxygens (including phenoxy) is 2. The zero-order valence-corrected chi connectivity index (χ0v) is 14.1. The molecule has 0 aliphatic carbocycles. The predicted octanol–water partition coefficient (Wildman–Crippen LogP) is 2.55. The van der Waals surface area contributed by atoms with Crippen molar-refractivity contribution in [2.24, 2.45) is 0 Å². The van der Waals surface area contributed by atoms with E-state index in [0.717, 1.165) is 12.1 Å². The molecule has 0 unspecified atom stereocenters. The Bertz CT molecular complexity index is 717. The van der Waals surface area contributed by atoms with Gasteiger partial charge in [-0.25, -0.2) is 0 Å². The molecule has 0 N–H and O–H groups in total. The van der Waals surface area contributed by atoms with E-state index >= 15 is 0 Å². The molecule has 1 amide bonds. The SMILES string of the molecule is COc1ccccc1OCC(=O)N1CCN(C)c2ccccc2C1. The molecule has 1 aliphatic rings. The average Bonchev–Trinajstić information content (AvgIpc) is 2.79. The van der Waals surface area contributed by atoms with Gasteiger partial charge in [-0.2, -0.15) is 0 Å². The lowest BCUT2D eigenvalue weighted by Gasteiger charge is -2.21. The zero-order chi connectivity index (χ0) is 16.9. The molecule has 0 radical (unpaired) electrons. The van der Waals surface area contributed by atoms with Crippen LogP contribution in [-0.4, -0.2) is 44.7 Å². The first-order valence-electron chi connectivity index (χ1n) is 8.01. The lowest BCUT2D eigenvalue weighted by molar-refractivity contribution is -0.133. The minimum absolute atomic E-state index is 0.00620. The maximum Gasteiger partial charge on any atom is 0.260 e. The van der Waals surface area contributed by atoms with Gasteiger partial charge in [-0.1, -0.05) is 30.3 Å². The summed E-state index contributed by atoms with van der Waals surface area (Å²) in [5.74, 6) is 1.19. The molecule has 2 aromatic carbocycles. The van der Waals surface area contributed by atoms with Crippen molar-refractivity contribution >= 4 is 11.6 Å². The second-order valence-corrected chi connectivity index (χ2v) is 5.81. The third kappa shape index (κ3) is 3.45. The molecule has 0 fully saturated rings. The number of anilines is 1. The number of amides is 1. The van der Waals surface area contributed by atoms with Crippen LogP contribution >= 0.6 is 0 Å². The topological polar surface area (TPSA) is 42.0 Å². The molecule has 0 saturated carbocycles. The molecule has 0 aromatic heterocycles. The molecule has 0 saturated heterocycles. The predicted molar refractivity (Wildman–Crippen MR) is 93.6 cm³/mol. The van der Waals surface area contributed by atoms with Crippen LogP contribution in [-0.2, 0) is 11.3 Å². The number of likely N-dealkylation sites (N-methyl/N-ethyl adjacent to an activating group) is 1.